The molecule has 3 aromatic rings. The number of aliphatic imine (C=N–C) groups is 1. The first-order chi connectivity index (χ1) is 15.0. The van der Waals surface area contributed by atoms with Gasteiger partial charge < -0.3 is 15.1 Å². The van der Waals surface area contributed by atoms with Crippen LogP contribution in [0.5, 0.6) is 0 Å². The van der Waals surface area contributed by atoms with Gasteiger partial charge in [-0.25, -0.2) is 23.1 Å². The maximum Gasteiger partial charge on any atom is 0.240 e. The molecule has 0 aliphatic rings. The summed E-state index contributed by atoms with van der Waals surface area (Å²) < 4.78 is 32.6. The molecule has 31 heavy (non-hydrogen) atoms. The summed E-state index contributed by atoms with van der Waals surface area (Å²) >= 11 is 0. The normalized spacial score (nSPS) is 12.0. The Labute approximate surface area is 182 Å². The van der Waals surface area contributed by atoms with Gasteiger partial charge in [-0.05, 0) is 38.1 Å². The zero-order valence-electron chi connectivity index (χ0n) is 17.6. The molecule has 3 N–H and O–H groups in total. The van der Waals surface area contributed by atoms with Crippen molar-refractivity contribution >= 4 is 16.0 Å². The number of nitrogens with zero attached hydrogens (tertiary/aromatic N) is 2. The fraction of sp³-hybridized carbons (Fsp3) is 0.273. The molecule has 9 heteroatoms. The molecule has 0 atom stereocenters. The van der Waals surface area contributed by atoms with E-state index >= 15 is 0 Å². The van der Waals surface area contributed by atoms with Gasteiger partial charge in [0.25, 0.3) is 0 Å². The van der Waals surface area contributed by atoms with Gasteiger partial charge in [-0.15, -0.1) is 0 Å². The molecule has 1 aromatic heterocycles. The smallest absolute Gasteiger partial charge is 0.240 e. The van der Waals surface area contributed by atoms with Crippen LogP contribution in [-0.4, -0.2) is 39.0 Å². The first-order valence-electron chi connectivity index (χ1n) is 10.1. The Hall–Kier alpha value is -3.17. The average molecular weight is 442 g/mol. The van der Waals surface area contributed by atoms with Crippen molar-refractivity contribution in [2.45, 2.75) is 25.3 Å². The minimum absolute atomic E-state index is 0.225. The van der Waals surface area contributed by atoms with E-state index in [1.807, 2.05) is 38.1 Å². The van der Waals surface area contributed by atoms with Crippen molar-refractivity contribution in [2.75, 3.05) is 19.6 Å². The lowest BCUT2D eigenvalue weighted by molar-refractivity contribution is 0.572. The lowest BCUT2D eigenvalue weighted by atomic mass is 10.1. The minimum atomic E-state index is -3.52. The molecule has 0 fully saturated rings. The summed E-state index contributed by atoms with van der Waals surface area (Å²) in [7, 11) is -3.52. The van der Waals surface area contributed by atoms with Crippen molar-refractivity contribution < 1.29 is 12.8 Å². The van der Waals surface area contributed by atoms with Gasteiger partial charge in [0.05, 0.1) is 11.4 Å². The summed E-state index contributed by atoms with van der Waals surface area (Å²) in [5.74, 6) is 1.12. The van der Waals surface area contributed by atoms with Crippen molar-refractivity contribution in [1.82, 2.24) is 20.3 Å². The summed E-state index contributed by atoms with van der Waals surface area (Å²) in [4.78, 5) is 9.22. The van der Waals surface area contributed by atoms with Gasteiger partial charge in [0.15, 0.2) is 5.96 Å². The van der Waals surface area contributed by atoms with Crippen LogP contribution in [0.1, 0.15) is 18.2 Å². The standard InChI is InChI=1S/C22H27N5O3S/c1-3-23-22(24-13-14-26-31(28,29)20-7-5-4-6-8-20)25-15-19-16-30-21(27-19)18-11-9-17(2)10-12-18/h4-12,16,26H,3,13-15H2,1-2H3,(H2,23,24,25). The molecule has 3 rings (SSSR count). The number of benzene rings is 2. The summed E-state index contributed by atoms with van der Waals surface area (Å²) in [5, 5.41) is 6.24. The molecule has 164 valence electrons. The summed E-state index contributed by atoms with van der Waals surface area (Å²) in [5.41, 5.74) is 2.79. The van der Waals surface area contributed by atoms with E-state index in [9.17, 15) is 8.42 Å². The van der Waals surface area contributed by atoms with E-state index in [2.05, 4.69) is 25.3 Å². The Morgan fingerprint density at radius 3 is 2.48 bits per heavy atom. The Balaban J connectivity index is 1.53. The average Bonchev–Trinajstić information content (AvgIpc) is 3.25. The summed E-state index contributed by atoms with van der Waals surface area (Å²) in [6.07, 6.45) is 1.59. The van der Waals surface area contributed by atoms with Crippen LogP contribution in [-0.2, 0) is 16.6 Å². The lowest BCUT2D eigenvalue weighted by Gasteiger charge is -2.11. The first-order valence-corrected chi connectivity index (χ1v) is 11.5. The van der Waals surface area contributed by atoms with E-state index in [4.69, 9.17) is 4.42 Å². The van der Waals surface area contributed by atoms with Crippen molar-refractivity contribution in [3.63, 3.8) is 0 Å². The quantitative estimate of drug-likeness (QED) is 0.268. The van der Waals surface area contributed by atoms with Crippen LogP contribution >= 0.6 is 0 Å². The Bertz CT molecular complexity index is 1090. The second-order valence-corrected chi connectivity index (χ2v) is 8.61. The highest BCUT2D eigenvalue weighted by Gasteiger charge is 2.12. The maximum absolute atomic E-state index is 12.2. The van der Waals surface area contributed by atoms with E-state index in [0.29, 0.717) is 37.2 Å². The van der Waals surface area contributed by atoms with Crippen LogP contribution < -0.4 is 15.4 Å². The molecular formula is C22H27N5O3S. The van der Waals surface area contributed by atoms with Crippen LogP contribution in [0.15, 0.2) is 75.2 Å². The first kappa shape index (κ1) is 22.5. The third-order valence-corrected chi connectivity index (χ3v) is 5.83. The van der Waals surface area contributed by atoms with Crippen LogP contribution in [0.4, 0.5) is 0 Å². The van der Waals surface area contributed by atoms with Crippen molar-refractivity contribution in [3.05, 3.63) is 72.1 Å². The van der Waals surface area contributed by atoms with E-state index in [0.717, 1.165) is 5.56 Å². The number of hydrogen-bond acceptors (Lipinski definition) is 5. The van der Waals surface area contributed by atoms with Crippen LogP contribution in [0, 0.1) is 6.92 Å². The molecule has 0 saturated heterocycles. The third-order valence-electron chi connectivity index (χ3n) is 4.36. The SMILES string of the molecule is CCNC(=NCc1coc(-c2ccc(C)cc2)n1)NCCNS(=O)(=O)c1ccccc1. The highest BCUT2D eigenvalue weighted by Crippen LogP contribution is 2.19. The van der Waals surface area contributed by atoms with Crippen LogP contribution in [0.2, 0.25) is 0 Å². The largest absolute Gasteiger partial charge is 0.444 e. The fourth-order valence-electron chi connectivity index (χ4n) is 2.76. The molecule has 2 aromatic carbocycles. The van der Waals surface area contributed by atoms with E-state index < -0.39 is 10.0 Å². The predicted molar refractivity (Wildman–Crippen MR) is 121 cm³/mol. The predicted octanol–water partition coefficient (Wildman–Crippen LogP) is 2.68. The number of aromatic nitrogens is 1. The highest BCUT2D eigenvalue weighted by atomic mass is 32.2. The molecule has 1 heterocycles. The molecule has 0 amide bonds. The molecule has 0 spiro atoms. The van der Waals surface area contributed by atoms with Gasteiger partial charge in [-0.1, -0.05) is 35.9 Å². The third kappa shape index (κ3) is 6.66. The number of oxazole rings is 1. The monoisotopic (exact) mass is 441 g/mol. The Morgan fingerprint density at radius 2 is 1.77 bits per heavy atom. The molecule has 0 aliphatic carbocycles. The number of aryl methyl sites for hydroxylation is 1. The van der Waals surface area contributed by atoms with Gasteiger partial charge in [0, 0.05) is 25.2 Å². The summed E-state index contributed by atoms with van der Waals surface area (Å²) in [6, 6.07) is 16.2. The maximum atomic E-state index is 12.2. The van der Waals surface area contributed by atoms with Crippen molar-refractivity contribution in [2.24, 2.45) is 4.99 Å². The van der Waals surface area contributed by atoms with E-state index in [1.165, 1.54) is 5.56 Å². The molecular weight excluding hydrogens is 414 g/mol. The topological polar surface area (TPSA) is 109 Å². The molecule has 0 unspecified atom stereocenters. The van der Waals surface area contributed by atoms with E-state index in [1.54, 1.807) is 36.6 Å². The van der Waals surface area contributed by atoms with Gasteiger partial charge in [0.1, 0.15) is 12.0 Å². The molecule has 0 bridgehead atoms. The number of nitrogens with one attached hydrogen (secondary N) is 3. The van der Waals surface area contributed by atoms with Crippen LogP contribution in [0.3, 0.4) is 0 Å². The fourth-order valence-corrected chi connectivity index (χ4v) is 3.81. The number of sulfonamides is 1. The zero-order chi connectivity index (χ0) is 22.1. The second-order valence-electron chi connectivity index (χ2n) is 6.84. The van der Waals surface area contributed by atoms with Crippen molar-refractivity contribution in [3.8, 4) is 11.5 Å². The van der Waals surface area contributed by atoms with Gasteiger partial charge in [-0.3, -0.25) is 0 Å². The number of guanidine groups is 1. The van der Waals surface area contributed by atoms with Gasteiger partial charge in [-0.2, -0.15) is 0 Å². The minimum Gasteiger partial charge on any atom is -0.444 e. The Morgan fingerprint density at radius 1 is 1.03 bits per heavy atom. The highest BCUT2D eigenvalue weighted by molar-refractivity contribution is 7.89. The van der Waals surface area contributed by atoms with Crippen LogP contribution in [0.25, 0.3) is 11.5 Å². The second kappa shape index (κ2) is 10.7. The Kier molecular flexibility index (Phi) is 7.80. The van der Waals surface area contributed by atoms with E-state index in [-0.39, 0.29) is 11.4 Å². The molecule has 0 aliphatic heterocycles. The summed E-state index contributed by atoms with van der Waals surface area (Å²) in [6.45, 7) is 5.60. The molecule has 0 radical (unpaired) electrons. The molecule has 0 saturated carbocycles. The molecule has 8 nitrogen and oxygen atoms in total. The van der Waals surface area contributed by atoms with Crippen molar-refractivity contribution in [1.29, 1.82) is 0 Å². The van der Waals surface area contributed by atoms with Gasteiger partial charge >= 0.3 is 0 Å². The van der Waals surface area contributed by atoms with Gasteiger partial charge in [0.2, 0.25) is 15.9 Å². The number of rotatable bonds is 9. The lowest BCUT2D eigenvalue weighted by Crippen LogP contribution is -2.41. The zero-order valence-corrected chi connectivity index (χ0v) is 18.4. The number of hydrogen-bond donors (Lipinski definition) is 3.